The number of hydrogen-bond donors (Lipinski definition) is 5. The standard InChI is InChI=1S/C30H36N4O4S.C2HF3O2/c1-39-20-17-25(33-28(35)12-6-8-19-32-27-11-5-7-18-31-27)30(38)34-26(21-29(36)37)24-15-13-23(14-16-24)22-9-3-2-4-10-22;3-2(4,5)1(6)7/h2-5,7,9-11,13-16,18,25-26H,6,8,12,17,19-21H2,1H3,(H,31,32)(H,33,35)(H,34,38)(H,36,37);(H,6,7)/t25-,26?;/m1./s1. The Morgan fingerprint density at radius 2 is 1.50 bits per heavy atom. The number of unbranched alkanes of at least 4 members (excludes halogenated alkanes) is 1. The van der Waals surface area contributed by atoms with Crippen LogP contribution in [-0.2, 0) is 19.2 Å². The maximum Gasteiger partial charge on any atom is 0.490 e. The highest BCUT2D eigenvalue weighted by molar-refractivity contribution is 7.98. The Morgan fingerprint density at radius 3 is 2.07 bits per heavy atom. The van der Waals surface area contributed by atoms with Gasteiger partial charge in [0.15, 0.2) is 0 Å². The van der Waals surface area contributed by atoms with E-state index in [1.807, 2.05) is 79.1 Å². The average molecular weight is 663 g/mol. The van der Waals surface area contributed by atoms with Crippen molar-refractivity contribution in [3.05, 3.63) is 84.6 Å². The highest BCUT2D eigenvalue weighted by Crippen LogP contribution is 2.24. The molecule has 0 spiro atoms. The smallest absolute Gasteiger partial charge is 0.481 e. The van der Waals surface area contributed by atoms with Crippen LogP contribution < -0.4 is 16.0 Å². The van der Waals surface area contributed by atoms with Crippen LogP contribution >= 0.6 is 11.8 Å². The Labute approximate surface area is 269 Å². The quantitative estimate of drug-likeness (QED) is 0.124. The van der Waals surface area contributed by atoms with Crippen molar-refractivity contribution >= 4 is 41.3 Å². The van der Waals surface area contributed by atoms with Crippen molar-refractivity contribution in [2.45, 2.75) is 50.4 Å². The molecular weight excluding hydrogens is 625 g/mol. The van der Waals surface area contributed by atoms with E-state index in [9.17, 15) is 32.7 Å². The van der Waals surface area contributed by atoms with Gasteiger partial charge in [-0.25, -0.2) is 9.78 Å². The molecule has 3 rings (SSSR count). The van der Waals surface area contributed by atoms with E-state index in [4.69, 9.17) is 9.90 Å². The van der Waals surface area contributed by atoms with Crippen LogP contribution in [0.3, 0.4) is 0 Å². The van der Waals surface area contributed by atoms with Gasteiger partial charge in [-0.1, -0.05) is 60.7 Å². The van der Waals surface area contributed by atoms with Crippen molar-refractivity contribution in [1.82, 2.24) is 15.6 Å². The molecule has 0 aliphatic rings. The van der Waals surface area contributed by atoms with E-state index >= 15 is 0 Å². The van der Waals surface area contributed by atoms with Crippen molar-refractivity contribution in [3.63, 3.8) is 0 Å². The third kappa shape index (κ3) is 14.5. The fraction of sp³-hybridized carbons (Fsp3) is 0.344. The van der Waals surface area contributed by atoms with Gasteiger partial charge in [-0.3, -0.25) is 14.4 Å². The minimum Gasteiger partial charge on any atom is -0.481 e. The number of rotatable bonds is 16. The summed E-state index contributed by atoms with van der Waals surface area (Å²) in [6.07, 6.45) is 0.508. The van der Waals surface area contributed by atoms with Gasteiger partial charge in [0.2, 0.25) is 11.8 Å². The molecule has 5 N–H and O–H groups in total. The van der Waals surface area contributed by atoms with Gasteiger partial charge < -0.3 is 26.2 Å². The number of halogens is 3. The molecule has 2 amide bonds. The molecular formula is C32H37F3N4O6S. The van der Waals surface area contributed by atoms with E-state index in [0.29, 0.717) is 37.1 Å². The molecule has 0 saturated heterocycles. The summed E-state index contributed by atoms with van der Waals surface area (Å²) in [5.74, 6) is -2.88. The number of anilines is 1. The number of nitrogens with one attached hydrogen (secondary N) is 3. The number of alkyl halides is 3. The van der Waals surface area contributed by atoms with Crippen LogP contribution in [0, 0.1) is 0 Å². The lowest BCUT2D eigenvalue weighted by atomic mass is 9.98. The number of thioether (sulfide) groups is 1. The molecule has 2 aromatic carbocycles. The molecule has 0 saturated carbocycles. The lowest BCUT2D eigenvalue weighted by Gasteiger charge is -2.23. The number of amides is 2. The average Bonchev–Trinajstić information content (AvgIpc) is 3.03. The first kappa shape index (κ1) is 37.6. The van der Waals surface area contributed by atoms with Crippen molar-refractivity contribution in [3.8, 4) is 11.1 Å². The molecule has 10 nitrogen and oxygen atoms in total. The number of pyridine rings is 1. The van der Waals surface area contributed by atoms with Crippen LogP contribution in [0.5, 0.6) is 0 Å². The van der Waals surface area contributed by atoms with Gasteiger partial charge in [-0.2, -0.15) is 24.9 Å². The Kier molecular flexibility index (Phi) is 16.1. The van der Waals surface area contributed by atoms with E-state index in [2.05, 4.69) is 20.9 Å². The van der Waals surface area contributed by atoms with Gasteiger partial charge in [0.25, 0.3) is 0 Å². The first-order chi connectivity index (χ1) is 21.9. The summed E-state index contributed by atoms with van der Waals surface area (Å²) < 4.78 is 31.7. The summed E-state index contributed by atoms with van der Waals surface area (Å²) in [7, 11) is 0. The summed E-state index contributed by atoms with van der Waals surface area (Å²) in [5, 5.41) is 25.6. The van der Waals surface area contributed by atoms with Crippen LogP contribution in [0.2, 0.25) is 0 Å². The predicted octanol–water partition coefficient (Wildman–Crippen LogP) is 5.53. The second kappa shape index (κ2) is 19.7. The normalized spacial score (nSPS) is 12.1. The summed E-state index contributed by atoms with van der Waals surface area (Å²) in [5.41, 5.74) is 2.75. The molecule has 1 aromatic heterocycles. The predicted molar refractivity (Wildman–Crippen MR) is 170 cm³/mol. The Hall–Kier alpha value is -4.59. The van der Waals surface area contributed by atoms with Crippen molar-refractivity contribution < 1.29 is 42.6 Å². The molecule has 1 heterocycles. The van der Waals surface area contributed by atoms with E-state index in [-0.39, 0.29) is 18.2 Å². The number of aliphatic carboxylic acids is 2. The molecule has 2 atom stereocenters. The summed E-state index contributed by atoms with van der Waals surface area (Å²) in [4.78, 5) is 50.6. The molecule has 14 heteroatoms. The second-order valence-corrected chi connectivity index (χ2v) is 10.9. The maximum absolute atomic E-state index is 13.2. The number of carbonyl (C=O) groups is 4. The Balaban J connectivity index is 0.000000942. The first-order valence-electron chi connectivity index (χ1n) is 14.3. The molecule has 46 heavy (non-hydrogen) atoms. The monoisotopic (exact) mass is 662 g/mol. The lowest BCUT2D eigenvalue weighted by Crippen LogP contribution is -2.48. The molecule has 0 bridgehead atoms. The van der Waals surface area contributed by atoms with Gasteiger partial charge in [0, 0.05) is 19.2 Å². The summed E-state index contributed by atoms with van der Waals surface area (Å²) >= 11 is 1.58. The highest BCUT2D eigenvalue weighted by atomic mass is 32.2. The first-order valence-corrected chi connectivity index (χ1v) is 15.7. The second-order valence-electron chi connectivity index (χ2n) is 9.95. The van der Waals surface area contributed by atoms with E-state index in [0.717, 1.165) is 23.4 Å². The van der Waals surface area contributed by atoms with E-state index < -0.39 is 30.2 Å². The lowest BCUT2D eigenvalue weighted by molar-refractivity contribution is -0.192. The van der Waals surface area contributed by atoms with Crippen molar-refractivity contribution in [2.24, 2.45) is 0 Å². The molecule has 1 unspecified atom stereocenters. The van der Waals surface area contributed by atoms with Crippen molar-refractivity contribution in [1.29, 1.82) is 0 Å². The highest BCUT2D eigenvalue weighted by Gasteiger charge is 2.38. The SMILES string of the molecule is CSCC[C@@H](NC(=O)CCCCNc1ccccn1)C(=O)NC(CC(=O)O)c1ccc(-c2ccccc2)cc1.O=C(O)C(F)(F)F. The molecule has 0 radical (unpaired) electrons. The number of aromatic nitrogens is 1. The van der Waals surface area contributed by atoms with Crippen molar-refractivity contribution in [2.75, 3.05) is 23.9 Å². The molecule has 3 aromatic rings. The maximum atomic E-state index is 13.2. The number of benzene rings is 2. The van der Waals surface area contributed by atoms with Gasteiger partial charge in [0.1, 0.15) is 11.9 Å². The van der Waals surface area contributed by atoms with Gasteiger partial charge in [-0.05, 0) is 60.1 Å². The van der Waals surface area contributed by atoms with Gasteiger partial charge in [-0.15, -0.1) is 0 Å². The minimum atomic E-state index is -5.08. The Bertz CT molecular complexity index is 1380. The third-order valence-electron chi connectivity index (χ3n) is 6.42. The fourth-order valence-corrected chi connectivity index (χ4v) is 4.57. The summed E-state index contributed by atoms with van der Waals surface area (Å²) in [6.45, 7) is 0.695. The zero-order valence-corrected chi connectivity index (χ0v) is 25.9. The molecule has 0 aliphatic heterocycles. The summed E-state index contributed by atoms with van der Waals surface area (Å²) in [6, 6.07) is 21.6. The fourth-order valence-electron chi connectivity index (χ4n) is 4.10. The minimum absolute atomic E-state index is 0.198. The van der Waals surface area contributed by atoms with Crippen LogP contribution in [0.4, 0.5) is 19.0 Å². The number of carboxylic acid groups (broad SMARTS) is 2. The number of carboxylic acids is 2. The third-order valence-corrected chi connectivity index (χ3v) is 7.07. The van der Waals surface area contributed by atoms with Gasteiger partial charge in [0.05, 0.1) is 12.5 Å². The molecule has 248 valence electrons. The van der Waals surface area contributed by atoms with E-state index in [1.54, 1.807) is 18.0 Å². The zero-order valence-electron chi connectivity index (χ0n) is 25.1. The van der Waals surface area contributed by atoms with Gasteiger partial charge >= 0.3 is 18.1 Å². The van der Waals surface area contributed by atoms with Crippen LogP contribution in [-0.4, -0.2) is 69.7 Å². The zero-order chi connectivity index (χ0) is 34.0. The Morgan fingerprint density at radius 1 is 0.870 bits per heavy atom. The van der Waals surface area contributed by atoms with Crippen LogP contribution in [0.15, 0.2) is 79.0 Å². The largest absolute Gasteiger partial charge is 0.490 e. The van der Waals surface area contributed by atoms with E-state index in [1.165, 1.54) is 0 Å². The molecule has 0 aliphatic carbocycles. The van der Waals surface area contributed by atoms with Crippen LogP contribution in [0.1, 0.15) is 43.7 Å². The number of hydrogen-bond acceptors (Lipinski definition) is 7. The van der Waals surface area contributed by atoms with Crippen LogP contribution in [0.25, 0.3) is 11.1 Å². The topological polar surface area (TPSA) is 158 Å². The number of carbonyl (C=O) groups excluding carboxylic acids is 2. The number of nitrogens with zero attached hydrogens (tertiary/aromatic N) is 1. The molecule has 0 fully saturated rings.